The highest BCUT2D eigenvalue weighted by molar-refractivity contribution is 7.98. The lowest BCUT2D eigenvalue weighted by Gasteiger charge is -2.17. The Kier molecular flexibility index (Phi) is 6.59. The number of carbonyl (C=O) groups is 1. The highest BCUT2D eigenvalue weighted by atomic mass is 35.5. The van der Waals surface area contributed by atoms with Gasteiger partial charge in [-0.05, 0) is 36.8 Å². The molecule has 7 heteroatoms. The van der Waals surface area contributed by atoms with E-state index >= 15 is 0 Å². The maximum absolute atomic E-state index is 12.8. The first-order valence-electron chi connectivity index (χ1n) is 7.89. The number of rotatable bonds is 6. The maximum Gasteiger partial charge on any atom is 0.252 e. The van der Waals surface area contributed by atoms with Gasteiger partial charge in [0.1, 0.15) is 0 Å². The molecule has 0 saturated carbocycles. The summed E-state index contributed by atoms with van der Waals surface area (Å²) >= 11 is 15.4. The van der Waals surface area contributed by atoms with Gasteiger partial charge < -0.3 is 5.32 Å². The highest BCUT2D eigenvalue weighted by Gasteiger charge is 2.17. The summed E-state index contributed by atoms with van der Waals surface area (Å²) in [5, 5.41) is 6.14. The number of halogens is 2. The largest absolute Gasteiger partial charge is 0.345 e. The van der Waals surface area contributed by atoms with Crippen molar-refractivity contribution in [2.75, 3.05) is 0 Å². The molecule has 2 aromatic carbocycles. The fraction of sp³-hybridized carbons (Fsp3) is 0.158. The Hall–Kier alpha value is -1.53. The molecule has 1 amide bonds. The number of carbonyl (C=O) groups excluding carboxylic acids is 1. The van der Waals surface area contributed by atoms with E-state index in [4.69, 9.17) is 23.2 Å². The van der Waals surface area contributed by atoms with E-state index in [-0.39, 0.29) is 11.9 Å². The van der Waals surface area contributed by atoms with Gasteiger partial charge in [-0.1, -0.05) is 41.4 Å². The van der Waals surface area contributed by atoms with Gasteiger partial charge in [-0.25, -0.2) is 4.98 Å². The smallest absolute Gasteiger partial charge is 0.252 e. The summed E-state index contributed by atoms with van der Waals surface area (Å²) in [6.07, 6.45) is 0. The molecule has 1 N–H and O–H groups in total. The average molecular weight is 423 g/mol. The molecule has 0 radical (unpaired) electrons. The molecule has 0 bridgehead atoms. The predicted molar refractivity (Wildman–Crippen MR) is 110 cm³/mol. The van der Waals surface area contributed by atoms with Crippen molar-refractivity contribution in [1.29, 1.82) is 0 Å². The molecule has 0 aliphatic heterocycles. The van der Waals surface area contributed by atoms with Crippen LogP contribution in [0.5, 0.6) is 0 Å². The number of benzene rings is 2. The van der Waals surface area contributed by atoms with E-state index < -0.39 is 0 Å². The lowest BCUT2D eigenvalue weighted by molar-refractivity contribution is 0.0937. The van der Waals surface area contributed by atoms with Gasteiger partial charge >= 0.3 is 0 Å². The third-order valence-electron chi connectivity index (χ3n) is 3.77. The number of aromatic nitrogens is 1. The molecule has 3 aromatic rings. The van der Waals surface area contributed by atoms with E-state index in [1.165, 1.54) is 0 Å². The average Bonchev–Trinajstić information content (AvgIpc) is 3.13. The zero-order chi connectivity index (χ0) is 18.5. The van der Waals surface area contributed by atoms with Crippen molar-refractivity contribution in [2.45, 2.75) is 23.6 Å². The van der Waals surface area contributed by atoms with E-state index in [1.807, 2.05) is 48.1 Å². The van der Waals surface area contributed by atoms with Crippen LogP contribution in [0.3, 0.4) is 0 Å². The third-order valence-corrected chi connectivity index (χ3v) is 6.07. The van der Waals surface area contributed by atoms with Crippen molar-refractivity contribution < 1.29 is 4.79 Å². The molecule has 26 heavy (non-hydrogen) atoms. The van der Waals surface area contributed by atoms with Gasteiger partial charge in [0.05, 0.1) is 22.8 Å². The minimum atomic E-state index is -0.233. The molecule has 0 spiro atoms. The number of hydrogen-bond donors (Lipinski definition) is 1. The number of thioether (sulfide) groups is 1. The molecule has 134 valence electrons. The standard InChI is InChI=1S/C19H16Cl2N2OS2/c1-12(15-7-6-13(20)8-17(15)21)23-19(24)16-4-2-3-5-18(16)26-10-14-9-25-11-22-14/h2-9,11-12H,10H2,1H3,(H,23,24). The van der Waals surface area contributed by atoms with Gasteiger partial charge in [0.25, 0.3) is 5.91 Å². The van der Waals surface area contributed by atoms with Gasteiger partial charge in [0, 0.05) is 26.1 Å². The molecule has 1 atom stereocenters. The lowest BCUT2D eigenvalue weighted by Crippen LogP contribution is -2.27. The number of nitrogens with one attached hydrogen (secondary N) is 1. The first-order chi connectivity index (χ1) is 12.5. The first-order valence-corrected chi connectivity index (χ1v) is 10.6. The summed E-state index contributed by atoms with van der Waals surface area (Å²) in [7, 11) is 0. The summed E-state index contributed by atoms with van der Waals surface area (Å²) in [5.74, 6) is 0.594. The van der Waals surface area contributed by atoms with Gasteiger partial charge in [-0.15, -0.1) is 23.1 Å². The first kappa shape index (κ1) is 19.2. The van der Waals surface area contributed by atoms with Gasteiger partial charge in [0.2, 0.25) is 0 Å². The summed E-state index contributed by atoms with van der Waals surface area (Å²) in [6, 6.07) is 12.6. The molecule has 3 rings (SSSR count). The Labute approximate surface area is 170 Å². The number of nitrogens with zero attached hydrogens (tertiary/aromatic N) is 1. The number of amides is 1. The van der Waals surface area contributed by atoms with Crippen LogP contribution in [-0.2, 0) is 5.75 Å². The topological polar surface area (TPSA) is 42.0 Å². The van der Waals surface area contributed by atoms with Crippen molar-refractivity contribution >= 4 is 52.2 Å². The Morgan fingerprint density at radius 2 is 2.08 bits per heavy atom. The molecule has 3 nitrogen and oxygen atoms in total. The molecule has 0 fully saturated rings. The van der Waals surface area contributed by atoms with Crippen LogP contribution in [0.15, 0.2) is 58.3 Å². The third kappa shape index (κ3) is 4.80. The van der Waals surface area contributed by atoms with E-state index in [1.54, 1.807) is 35.2 Å². The minimum Gasteiger partial charge on any atom is -0.345 e. The SMILES string of the molecule is CC(NC(=O)c1ccccc1SCc1cscn1)c1ccc(Cl)cc1Cl. The second-order valence-corrected chi connectivity index (χ2v) is 8.21. The van der Waals surface area contributed by atoms with E-state index in [2.05, 4.69) is 10.3 Å². The van der Waals surface area contributed by atoms with E-state index in [0.717, 1.165) is 21.9 Å². The maximum atomic E-state index is 12.8. The van der Waals surface area contributed by atoms with E-state index in [9.17, 15) is 4.79 Å². The van der Waals surface area contributed by atoms with Crippen LogP contribution in [0.4, 0.5) is 0 Å². The van der Waals surface area contributed by atoms with Crippen molar-refractivity contribution in [2.24, 2.45) is 0 Å². The Balaban J connectivity index is 1.73. The Bertz CT molecular complexity index is 900. The molecule has 0 aliphatic carbocycles. The van der Waals surface area contributed by atoms with Crippen LogP contribution < -0.4 is 5.32 Å². The van der Waals surface area contributed by atoms with Gasteiger partial charge in [-0.3, -0.25) is 4.79 Å². The minimum absolute atomic E-state index is 0.134. The Morgan fingerprint density at radius 3 is 2.81 bits per heavy atom. The van der Waals surface area contributed by atoms with E-state index in [0.29, 0.717) is 15.6 Å². The molecule has 0 saturated heterocycles. The van der Waals surface area contributed by atoms with Crippen molar-refractivity contribution in [3.63, 3.8) is 0 Å². The molecular formula is C19H16Cl2N2OS2. The normalized spacial score (nSPS) is 12.0. The fourth-order valence-electron chi connectivity index (χ4n) is 2.45. The predicted octanol–water partition coefficient (Wildman–Crippen LogP) is 6.23. The lowest BCUT2D eigenvalue weighted by atomic mass is 10.1. The zero-order valence-corrected chi connectivity index (χ0v) is 17.1. The fourth-order valence-corrected chi connectivity index (χ4v) is 4.63. The molecule has 0 aliphatic rings. The number of thiazole rings is 1. The summed E-state index contributed by atoms with van der Waals surface area (Å²) < 4.78 is 0. The van der Waals surface area contributed by atoms with Crippen LogP contribution >= 0.6 is 46.3 Å². The van der Waals surface area contributed by atoms with Crippen molar-refractivity contribution in [3.05, 3.63) is 80.2 Å². The second kappa shape index (κ2) is 8.91. The van der Waals surface area contributed by atoms with Crippen molar-refractivity contribution in [3.8, 4) is 0 Å². The van der Waals surface area contributed by atoms with Gasteiger partial charge in [-0.2, -0.15) is 0 Å². The summed E-state index contributed by atoms with van der Waals surface area (Å²) in [5.41, 5.74) is 4.30. The van der Waals surface area contributed by atoms with Gasteiger partial charge in [0.15, 0.2) is 0 Å². The Morgan fingerprint density at radius 1 is 1.27 bits per heavy atom. The van der Waals surface area contributed by atoms with Crippen LogP contribution in [0.1, 0.15) is 34.6 Å². The van der Waals surface area contributed by atoms with Crippen molar-refractivity contribution in [1.82, 2.24) is 10.3 Å². The molecule has 1 aromatic heterocycles. The monoisotopic (exact) mass is 422 g/mol. The zero-order valence-electron chi connectivity index (χ0n) is 13.9. The molecule has 1 heterocycles. The number of hydrogen-bond acceptors (Lipinski definition) is 4. The second-order valence-electron chi connectivity index (χ2n) is 5.63. The quantitative estimate of drug-likeness (QED) is 0.478. The van der Waals surface area contributed by atoms with Crippen LogP contribution in [0, 0.1) is 0 Å². The van der Waals surface area contributed by atoms with Crippen LogP contribution in [0.2, 0.25) is 10.0 Å². The van der Waals surface area contributed by atoms with Crippen LogP contribution in [-0.4, -0.2) is 10.9 Å². The molecular weight excluding hydrogens is 407 g/mol. The summed E-state index contributed by atoms with van der Waals surface area (Å²) in [4.78, 5) is 18.0. The van der Waals surface area contributed by atoms with Crippen LogP contribution in [0.25, 0.3) is 0 Å². The highest BCUT2D eigenvalue weighted by Crippen LogP contribution is 2.29. The summed E-state index contributed by atoms with van der Waals surface area (Å²) in [6.45, 7) is 1.90. The molecule has 1 unspecified atom stereocenters.